The molecule has 4 heterocycles. The van der Waals surface area contributed by atoms with Gasteiger partial charge in [0.05, 0.1) is 16.8 Å². The van der Waals surface area contributed by atoms with E-state index in [9.17, 15) is 4.79 Å². The van der Waals surface area contributed by atoms with E-state index in [1.807, 2.05) is 24.5 Å². The van der Waals surface area contributed by atoms with Crippen LogP contribution >= 0.6 is 22.7 Å². The Hall–Kier alpha value is -2.69. The summed E-state index contributed by atoms with van der Waals surface area (Å²) in [5, 5.41) is 12.0. The van der Waals surface area contributed by atoms with Gasteiger partial charge in [0.25, 0.3) is 0 Å². The van der Waals surface area contributed by atoms with Crippen LogP contribution in [0.5, 0.6) is 0 Å². The minimum atomic E-state index is 0.00880. The first-order valence-corrected chi connectivity index (χ1v) is 13.9. The van der Waals surface area contributed by atoms with Crippen molar-refractivity contribution in [3.8, 4) is 21.7 Å². The number of nitrogens with one attached hydrogen (secondary N) is 3. The molecule has 0 bridgehead atoms. The summed E-state index contributed by atoms with van der Waals surface area (Å²) in [4.78, 5) is 23.3. The fraction of sp³-hybridized carbons (Fsp3) is 0.370. The van der Waals surface area contributed by atoms with E-state index in [2.05, 4.69) is 53.0 Å². The monoisotopic (exact) mass is 521 g/mol. The second-order valence-corrected chi connectivity index (χ2v) is 11.2. The first kappa shape index (κ1) is 25.0. The molecule has 188 valence electrons. The zero-order chi connectivity index (χ0) is 25.1. The number of ether oxygens (including phenoxy) is 1. The molecule has 5 rings (SSSR count). The number of aromatic nitrogens is 2. The topological polar surface area (TPSA) is 88.2 Å². The Morgan fingerprint density at radius 1 is 1.14 bits per heavy atom. The van der Waals surface area contributed by atoms with Gasteiger partial charge in [-0.15, -0.1) is 22.7 Å². The van der Waals surface area contributed by atoms with Gasteiger partial charge in [0, 0.05) is 61.5 Å². The van der Waals surface area contributed by atoms with Crippen LogP contribution in [-0.4, -0.2) is 48.7 Å². The molecule has 0 saturated carbocycles. The lowest BCUT2D eigenvalue weighted by atomic mass is 9.95. The third-order valence-electron chi connectivity index (χ3n) is 6.36. The summed E-state index contributed by atoms with van der Waals surface area (Å²) in [6, 6.07) is 11.0. The van der Waals surface area contributed by atoms with Crippen molar-refractivity contribution in [1.82, 2.24) is 20.6 Å². The number of rotatable bonds is 9. The molecule has 36 heavy (non-hydrogen) atoms. The van der Waals surface area contributed by atoms with Crippen LogP contribution in [0, 0.1) is 0 Å². The van der Waals surface area contributed by atoms with Crippen LogP contribution in [0.2, 0.25) is 0 Å². The summed E-state index contributed by atoms with van der Waals surface area (Å²) in [5.74, 6) is 0.00880. The SMILES string of the molecule is COCCNCCC(=O)Nc1sc2c(c1-c1nc3cc(-c4ccncc4)ccc3s1)C[C@H](C)N[C@@H]2C. The average Bonchev–Trinajstić information content (AvgIpc) is 3.44. The van der Waals surface area contributed by atoms with Crippen LogP contribution in [0.15, 0.2) is 42.7 Å². The Kier molecular flexibility index (Phi) is 7.73. The number of amides is 1. The number of methoxy groups -OCH3 is 1. The number of hydrogen-bond acceptors (Lipinski definition) is 8. The number of nitrogens with zero attached hydrogens (tertiary/aromatic N) is 2. The lowest BCUT2D eigenvalue weighted by Gasteiger charge is -2.26. The van der Waals surface area contributed by atoms with Crippen molar-refractivity contribution < 1.29 is 9.53 Å². The first-order chi connectivity index (χ1) is 17.5. The summed E-state index contributed by atoms with van der Waals surface area (Å²) in [6.07, 6.45) is 4.94. The van der Waals surface area contributed by atoms with Crippen LogP contribution in [-0.2, 0) is 16.0 Å². The largest absolute Gasteiger partial charge is 0.383 e. The van der Waals surface area contributed by atoms with E-state index in [1.165, 1.54) is 10.4 Å². The van der Waals surface area contributed by atoms with Gasteiger partial charge < -0.3 is 20.7 Å². The van der Waals surface area contributed by atoms with Crippen molar-refractivity contribution in [2.24, 2.45) is 0 Å². The second kappa shape index (κ2) is 11.1. The molecule has 1 amide bonds. The van der Waals surface area contributed by atoms with E-state index in [-0.39, 0.29) is 11.9 Å². The molecule has 0 aliphatic carbocycles. The highest BCUT2D eigenvalue weighted by Gasteiger charge is 2.30. The number of anilines is 1. The molecule has 3 aromatic heterocycles. The van der Waals surface area contributed by atoms with Crippen molar-refractivity contribution >= 4 is 43.8 Å². The van der Waals surface area contributed by atoms with Crippen LogP contribution in [0.1, 0.15) is 36.8 Å². The summed E-state index contributed by atoms with van der Waals surface area (Å²) >= 11 is 3.37. The Morgan fingerprint density at radius 2 is 1.97 bits per heavy atom. The van der Waals surface area contributed by atoms with Gasteiger partial charge in [-0.25, -0.2) is 4.98 Å². The summed E-state index contributed by atoms with van der Waals surface area (Å²) in [7, 11) is 1.67. The summed E-state index contributed by atoms with van der Waals surface area (Å²) < 4.78 is 6.19. The highest BCUT2D eigenvalue weighted by atomic mass is 32.1. The van der Waals surface area contributed by atoms with Gasteiger partial charge in [-0.1, -0.05) is 6.07 Å². The van der Waals surface area contributed by atoms with E-state index in [0.29, 0.717) is 25.6 Å². The number of carbonyl (C=O) groups excluding carboxylic acids is 1. The Labute approximate surface area is 219 Å². The number of benzene rings is 1. The van der Waals surface area contributed by atoms with E-state index >= 15 is 0 Å². The van der Waals surface area contributed by atoms with Gasteiger partial charge in [0.2, 0.25) is 5.91 Å². The number of thiazole rings is 1. The molecule has 7 nitrogen and oxygen atoms in total. The standard InChI is InChI=1S/C27H31N5O2S2/c1-16-14-20-24(26-31-21-15-19(4-5-22(21)35-26)18-6-9-28-10-7-18)27(36-25(20)17(2)30-16)32-23(33)8-11-29-12-13-34-3/h4-7,9-10,15-17,29-30H,8,11-14H2,1-3H3,(H,32,33)/t16-,17+/m0/s1. The lowest BCUT2D eigenvalue weighted by Crippen LogP contribution is -2.35. The van der Waals surface area contributed by atoms with Crippen LogP contribution in [0.4, 0.5) is 5.00 Å². The third kappa shape index (κ3) is 5.35. The quantitative estimate of drug-likeness (QED) is 0.261. The molecule has 4 aromatic rings. The Morgan fingerprint density at radius 3 is 2.78 bits per heavy atom. The zero-order valence-corrected chi connectivity index (χ0v) is 22.4. The number of carbonyl (C=O) groups is 1. The van der Waals surface area contributed by atoms with Gasteiger partial charge in [-0.05, 0) is 61.2 Å². The minimum Gasteiger partial charge on any atom is -0.383 e. The molecule has 0 radical (unpaired) electrons. The number of hydrogen-bond donors (Lipinski definition) is 3. The Balaban J connectivity index is 1.47. The van der Waals surface area contributed by atoms with Gasteiger partial charge in [-0.3, -0.25) is 9.78 Å². The van der Waals surface area contributed by atoms with E-state index < -0.39 is 0 Å². The summed E-state index contributed by atoms with van der Waals surface area (Å²) in [6.45, 7) is 6.39. The third-order valence-corrected chi connectivity index (χ3v) is 8.74. The molecule has 0 spiro atoms. The van der Waals surface area contributed by atoms with Crippen LogP contribution in [0.25, 0.3) is 31.9 Å². The molecule has 0 saturated heterocycles. The molecule has 1 aliphatic heterocycles. The molecule has 0 fully saturated rings. The summed E-state index contributed by atoms with van der Waals surface area (Å²) in [5.41, 5.74) is 5.60. The van der Waals surface area contributed by atoms with Crippen LogP contribution < -0.4 is 16.0 Å². The van der Waals surface area contributed by atoms with Crippen molar-refractivity contribution in [3.63, 3.8) is 0 Å². The smallest absolute Gasteiger partial charge is 0.226 e. The maximum absolute atomic E-state index is 12.8. The number of fused-ring (bicyclic) bond motifs is 2. The predicted octanol–water partition coefficient (Wildman–Crippen LogP) is 5.25. The van der Waals surface area contributed by atoms with E-state index in [0.717, 1.165) is 49.9 Å². The first-order valence-electron chi connectivity index (χ1n) is 12.3. The minimum absolute atomic E-state index is 0.00880. The molecular formula is C27H31N5O2S2. The highest BCUT2D eigenvalue weighted by Crippen LogP contribution is 2.47. The Bertz CT molecular complexity index is 1350. The van der Waals surface area contributed by atoms with Crippen LogP contribution in [0.3, 0.4) is 0 Å². The average molecular weight is 522 g/mol. The molecule has 1 aliphatic rings. The molecule has 3 N–H and O–H groups in total. The fourth-order valence-electron chi connectivity index (χ4n) is 4.67. The van der Waals surface area contributed by atoms with E-state index in [1.54, 1.807) is 29.8 Å². The highest BCUT2D eigenvalue weighted by molar-refractivity contribution is 7.23. The molecule has 2 atom stereocenters. The van der Waals surface area contributed by atoms with Crippen molar-refractivity contribution in [3.05, 3.63) is 53.2 Å². The maximum Gasteiger partial charge on any atom is 0.226 e. The van der Waals surface area contributed by atoms with E-state index in [4.69, 9.17) is 9.72 Å². The normalized spacial score (nSPS) is 17.3. The molecular weight excluding hydrogens is 490 g/mol. The van der Waals surface area contributed by atoms with Gasteiger partial charge in [0.1, 0.15) is 10.0 Å². The van der Waals surface area contributed by atoms with Crippen molar-refractivity contribution in [1.29, 1.82) is 0 Å². The number of thiophene rings is 1. The molecule has 9 heteroatoms. The number of pyridine rings is 1. The predicted molar refractivity (Wildman–Crippen MR) is 149 cm³/mol. The van der Waals surface area contributed by atoms with Gasteiger partial charge in [0.15, 0.2) is 0 Å². The van der Waals surface area contributed by atoms with Gasteiger partial charge in [-0.2, -0.15) is 0 Å². The lowest BCUT2D eigenvalue weighted by molar-refractivity contribution is -0.116. The maximum atomic E-state index is 12.8. The molecule has 1 aromatic carbocycles. The second-order valence-electron chi connectivity index (χ2n) is 9.12. The fourth-order valence-corrected chi connectivity index (χ4v) is 7.02. The zero-order valence-electron chi connectivity index (χ0n) is 20.8. The van der Waals surface area contributed by atoms with Crippen molar-refractivity contribution in [2.75, 3.05) is 32.1 Å². The van der Waals surface area contributed by atoms with Gasteiger partial charge >= 0.3 is 0 Å². The van der Waals surface area contributed by atoms with Crippen molar-refractivity contribution in [2.45, 2.75) is 38.8 Å². The molecule has 0 unspecified atom stereocenters.